The standard InChI is InChI=1S/C22H20F2N4O2S/c23-17-9-8-14(11-18(17)24)26-20(29)13-31-21-16-6-1-2-7-19(16)28(22(30)27-21)12-15-5-3-4-10-25-15/h3-5,8-11H,1-2,6-7,12-13H2,(H,26,29). The Labute approximate surface area is 181 Å². The normalized spacial score (nSPS) is 13.0. The summed E-state index contributed by atoms with van der Waals surface area (Å²) in [7, 11) is 0. The van der Waals surface area contributed by atoms with Gasteiger partial charge in [-0.1, -0.05) is 17.8 Å². The number of hydrogen-bond acceptors (Lipinski definition) is 5. The van der Waals surface area contributed by atoms with Crippen molar-refractivity contribution in [3.63, 3.8) is 0 Å². The highest BCUT2D eigenvalue weighted by Crippen LogP contribution is 2.28. The van der Waals surface area contributed by atoms with Crippen LogP contribution in [-0.4, -0.2) is 26.2 Å². The van der Waals surface area contributed by atoms with Crippen LogP contribution < -0.4 is 11.0 Å². The number of carbonyl (C=O) groups excluding carboxylic acids is 1. The van der Waals surface area contributed by atoms with Crippen LogP contribution in [0.2, 0.25) is 0 Å². The molecular formula is C22H20F2N4O2S. The van der Waals surface area contributed by atoms with Crippen LogP contribution in [0, 0.1) is 11.6 Å². The number of halogens is 2. The van der Waals surface area contributed by atoms with Gasteiger partial charge in [0.1, 0.15) is 5.03 Å². The van der Waals surface area contributed by atoms with Crippen LogP contribution in [0.25, 0.3) is 0 Å². The van der Waals surface area contributed by atoms with Gasteiger partial charge in [0, 0.05) is 29.2 Å². The smallest absolute Gasteiger partial charge is 0.325 e. The van der Waals surface area contributed by atoms with E-state index in [1.54, 1.807) is 10.8 Å². The molecule has 31 heavy (non-hydrogen) atoms. The molecule has 0 unspecified atom stereocenters. The lowest BCUT2D eigenvalue weighted by atomic mass is 9.97. The molecule has 0 atom stereocenters. The van der Waals surface area contributed by atoms with E-state index in [1.165, 1.54) is 17.8 Å². The minimum Gasteiger partial charge on any atom is -0.325 e. The van der Waals surface area contributed by atoms with Crippen LogP contribution in [0.3, 0.4) is 0 Å². The van der Waals surface area contributed by atoms with Crippen molar-refractivity contribution in [3.8, 4) is 0 Å². The molecule has 3 aromatic rings. The second kappa shape index (κ2) is 9.38. The molecule has 1 aromatic carbocycles. The molecule has 0 saturated heterocycles. The van der Waals surface area contributed by atoms with Gasteiger partial charge in [-0.2, -0.15) is 4.98 Å². The number of carbonyl (C=O) groups is 1. The number of nitrogens with one attached hydrogen (secondary N) is 1. The SMILES string of the molecule is O=C(CSc1nc(=O)n(Cc2ccccn2)c2c1CCCC2)Nc1ccc(F)c(F)c1. The van der Waals surface area contributed by atoms with E-state index < -0.39 is 11.6 Å². The third kappa shape index (κ3) is 4.99. The van der Waals surface area contributed by atoms with E-state index in [4.69, 9.17) is 0 Å². The number of hydrogen-bond donors (Lipinski definition) is 1. The van der Waals surface area contributed by atoms with E-state index >= 15 is 0 Å². The number of rotatable bonds is 6. The van der Waals surface area contributed by atoms with Crippen LogP contribution in [0.5, 0.6) is 0 Å². The summed E-state index contributed by atoms with van der Waals surface area (Å²) in [4.78, 5) is 33.6. The van der Waals surface area contributed by atoms with Crippen LogP contribution in [0.1, 0.15) is 29.8 Å². The number of thioether (sulfide) groups is 1. The van der Waals surface area contributed by atoms with Crippen molar-refractivity contribution in [2.75, 3.05) is 11.1 Å². The number of amides is 1. The topological polar surface area (TPSA) is 76.9 Å². The second-order valence-electron chi connectivity index (χ2n) is 7.20. The largest absolute Gasteiger partial charge is 0.349 e. The van der Waals surface area contributed by atoms with Gasteiger partial charge < -0.3 is 5.32 Å². The fourth-order valence-corrected chi connectivity index (χ4v) is 4.47. The molecule has 0 bridgehead atoms. The average Bonchev–Trinajstić information content (AvgIpc) is 2.78. The van der Waals surface area contributed by atoms with Crippen molar-refractivity contribution in [3.05, 3.63) is 81.7 Å². The fraction of sp³-hybridized carbons (Fsp3) is 0.273. The van der Waals surface area contributed by atoms with Gasteiger partial charge in [-0.15, -0.1) is 0 Å². The minimum atomic E-state index is -1.03. The predicted octanol–water partition coefficient (Wildman–Crippen LogP) is 3.57. The molecule has 0 spiro atoms. The lowest BCUT2D eigenvalue weighted by Gasteiger charge is -2.22. The highest BCUT2D eigenvalue weighted by molar-refractivity contribution is 8.00. The first-order valence-corrected chi connectivity index (χ1v) is 10.9. The van der Waals surface area contributed by atoms with Gasteiger partial charge in [0.25, 0.3) is 0 Å². The van der Waals surface area contributed by atoms with Crippen molar-refractivity contribution >= 4 is 23.4 Å². The van der Waals surface area contributed by atoms with E-state index in [-0.39, 0.29) is 23.0 Å². The number of anilines is 1. The summed E-state index contributed by atoms with van der Waals surface area (Å²) in [5.74, 6) is -2.39. The number of pyridine rings is 1. The van der Waals surface area contributed by atoms with Crippen molar-refractivity contribution in [2.24, 2.45) is 0 Å². The summed E-state index contributed by atoms with van der Waals surface area (Å²) in [6.07, 6.45) is 5.23. The van der Waals surface area contributed by atoms with Crippen molar-refractivity contribution in [2.45, 2.75) is 37.3 Å². The molecule has 0 saturated carbocycles. The van der Waals surface area contributed by atoms with Gasteiger partial charge in [-0.25, -0.2) is 13.6 Å². The van der Waals surface area contributed by atoms with Crippen molar-refractivity contribution in [1.29, 1.82) is 0 Å². The maximum Gasteiger partial charge on any atom is 0.349 e. The van der Waals surface area contributed by atoms with Crippen LogP contribution in [0.15, 0.2) is 52.4 Å². The predicted molar refractivity (Wildman–Crippen MR) is 114 cm³/mol. The Balaban J connectivity index is 1.52. The lowest BCUT2D eigenvalue weighted by Crippen LogP contribution is -2.31. The Morgan fingerprint density at radius 2 is 1.97 bits per heavy atom. The van der Waals surface area contributed by atoms with E-state index in [2.05, 4.69) is 15.3 Å². The molecule has 4 rings (SSSR count). The molecule has 1 aliphatic carbocycles. The molecule has 6 nitrogen and oxygen atoms in total. The van der Waals surface area contributed by atoms with Gasteiger partial charge >= 0.3 is 5.69 Å². The number of benzene rings is 1. The summed E-state index contributed by atoms with van der Waals surface area (Å²) in [6, 6.07) is 8.75. The first kappa shape index (κ1) is 21.2. The second-order valence-corrected chi connectivity index (χ2v) is 8.17. The molecular weight excluding hydrogens is 422 g/mol. The van der Waals surface area contributed by atoms with Crippen LogP contribution in [-0.2, 0) is 24.2 Å². The molecule has 0 radical (unpaired) electrons. The lowest BCUT2D eigenvalue weighted by molar-refractivity contribution is -0.113. The third-order valence-corrected chi connectivity index (χ3v) is 6.06. The highest BCUT2D eigenvalue weighted by atomic mass is 32.2. The van der Waals surface area contributed by atoms with E-state index in [0.29, 0.717) is 11.6 Å². The van der Waals surface area contributed by atoms with E-state index in [9.17, 15) is 18.4 Å². The zero-order valence-electron chi connectivity index (χ0n) is 16.6. The summed E-state index contributed by atoms with van der Waals surface area (Å²) in [6.45, 7) is 0.358. The highest BCUT2D eigenvalue weighted by Gasteiger charge is 2.21. The van der Waals surface area contributed by atoms with E-state index in [0.717, 1.165) is 54.8 Å². The molecule has 1 N–H and O–H groups in total. The Morgan fingerprint density at radius 3 is 2.74 bits per heavy atom. The zero-order valence-corrected chi connectivity index (χ0v) is 17.4. The first-order valence-electron chi connectivity index (χ1n) is 9.91. The summed E-state index contributed by atoms with van der Waals surface area (Å²) < 4.78 is 28.0. The molecule has 2 aromatic heterocycles. The summed E-state index contributed by atoms with van der Waals surface area (Å²) in [5.41, 5.74) is 2.53. The first-order chi connectivity index (χ1) is 15.0. The number of fused-ring (bicyclic) bond motifs is 1. The van der Waals surface area contributed by atoms with Gasteiger partial charge in [0.05, 0.1) is 18.0 Å². The van der Waals surface area contributed by atoms with Gasteiger partial charge in [0.2, 0.25) is 5.91 Å². The molecule has 1 aliphatic rings. The van der Waals surface area contributed by atoms with Crippen LogP contribution in [0.4, 0.5) is 14.5 Å². The maximum atomic E-state index is 13.3. The van der Waals surface area contributed by atoms with Gasteiger partial charge in [-0.05, 0) is 49.9 Å². The monoisotopic (exact) mass is 442 g/mol. The molecule has 1 amide bonds. The van der Waals surface area contributed by atoms with Crippen LogP contribution >= 0.6 is 11.8 Å². The molecule has 160 valence electrons. The summed E-state index contributed by atoms with van der Waals surface area (Å²) >= 11 is 1.18. The Hall–Kier alpha value is -3.07. The quantitative estimate of drug-likeness (QED) is 0.467. The number of aromatic nitrogens is 3. The summed E-state index contributed by atoms with van der Waals surface area (Å²) in [5, 5.41) is 3.09. The average molecular weight is 442 g/mol. The Bertz CT molecular complexity index is 1170. The van der Waals surface area contributed by atoms with Crippen molar-refractivity contribution < 1.29 is 13.6 Å². The molecule has 0 fully saturated rings. The number of nitrogens with zero attached hydrogens (tertiary/aromatic N) is 3. The van der Waals surface area contributed by atoms with Gasteiger partial charge in [-0.3, -0.25) is 14.3 Å². The minimum absolute atomic E-state index is 0.00211. The van der Waals surface area contributed by atoms with E-state index in [1.807, 2.05) is 18.2 Å². The zero-order chi connectivity index (χ0) is 21.8. The Kier molecular flexibility index (Phi) is 6.41. The van der Waals surface area contributed by atoms with Gasteiger partial charge in [0.15, 0.2) is 11.6 Å². The molecule has 2 heterocycles. The van der Waals surface area contributed by atoms with Crippen molar-refractivity contribution in [1.82, 2.24) is 14.5 Å². The fourth-order valence-electron chi connectivity index (χ4n) is 3.59. The molecule has 9 heteroatoms. The maximum absolute atomic E-state index is 13.3. The third-order valence-electron chi connectivity index (χ3n) is 5.04. The Morgan fingerprint density at radius 1 is 1.13 bits per heavy atom. The molecule has 0 aliphatic heterocycles.